The fraction of sp³-hybridized carbons (Fsp3) is 0.571. The van der Waals surface area contributed by atoms with E-state index in [4.69, 9.17) is 9.47 Å². The Bertz CT molecular complexity index is 355. The van der Waals surface area contributed by atoms with Crippen LogP contribution in [0.2, 0.25) is 0 Å². The molecule has 0 N–H and O–H groups in total. The van der Waals surface area contributed by atoms with Crippen LogP contribution in [0.1, 0.15) is 27.7 Å². The highest BCUT2D eigenvalue weighted by Gasteiger charge is 2.35. The summed E-state index contributed by atoms with van der Waals surface area (Å²) in [4.78, 5) is 23.7. The predicted octanol–water partition coefficient (Wildman–Crippen LogP) is 2.25. The van der Waals surface area contributed by atoms with Gasteiger partial charge in [0.1, 0.15) is 0 Å². The number of rotatable bonds is 4. The smallest absolute Gasteiger partial charge is 0.314 e. The highest BCUT2D eigenvalue weighted by Crippen LogP contribution is 2.29. The quantitative estimate of drug-likeness (QED) is 0.720. The molecule has 0 radical (unpaired) electrons. The zero-order valence-electron chi connectivity index (χ0n) is 11.4. The van der Waals surface area contributed by atoms with Crippen molar-refractivity contribution in [2.24, 2.45) is 11.8 Å². The Morgan fingerprint density at radius 1 is 0.944 bits per heavy atom. The number of allylic oxidation sites excluding steroid dienone is 2. The summed E-state index contributed by atoms with van der Waals surface area (Å²) >= 11 is 0. The molecule has 0 spiro atoms. The molecule has 1 aliphatic carbocycles. The van der Waals surface area contributed by atoms with E-state index in [-0.39, 0.29) is 11.9 Å². The molecule has 4 heteroatoms. The van der Waals surface area contributed by atoms with Crippen molar-refractivity contribution in [3.05, 3.63) is 23.3 Å². The second-order valence-corrected chi connectivity index (χ2v) is 4.26. The van der Waals surface area contributed by atoms with Gasteiger partial charge in [0.15, 0.2) is 0 Å². The first kappa shape index (κ1) is 14.5. The first-order valence-electron chi connectivity index (χ1n) is 6.21. The largest absolute Gasteiger partial charge is 0.466 e. The predicted molar refractivity (Wildman–Crippen MR) is 67.8 cm³/mol. The maximum absolute atomic E-state index is 11.9. The fourth-order valence-corrected chi connectivity index (χ4v) is 1.92. The molecule has 0 aromatic heterocycles. The van der Waals surface area contributed by atoms with Gasteiger partial charge < -0.3 is 9.47 Å². The highest BCUT2D eigenvalue weighted by molar-refractivity contribution is 5.86. The maximum Gasteiger partial charge on any atom is 0.314 e. The van der Waals surface area contributed by atoms with Gasteiger partial charge in [-0.25, -0.2) is 0 Å². The van der Waals surface area contributed by atoms with Crippen molar-refractivity contribution in [2.45, 2.75) is 27.7 Å². The Balaban J connectivity index is 2.96. The van der Waals surface area contributed by atoms with Crippen molar-refractivity contribution < 1.29 is 19.1 Å². The van der Waals surface area contributed by atoms with Gasteiger partial charge in [0, 0.05) is 0 Å². The van der Waals surface area contributed by atoms with Crippen LogP contribution < -0.4 is 0 Å². The first-order chi connectivity index (χ1) is 8.51. The van der Waals surface area contributed by atoms with Crippen molar-refractivity contribution in [1.29, 1.82) is 0 Å². The second kappa shape index (κ2) is 6.38. The molecule has 0 bridgehead atoms. The van der Waals surface area contributed by atoms with Crippen molar-refractivity contribution in [1.82, 2.24) is 0 Å². The van der Waals surface area contributed by atoms with Crippen molar-refractivity contribution in [3.63, 3.8) is 0 Å². The number of esters is 2. The van der Waals surface area contributed by atoms with Crippen LogP contribution in [0.5, 0.6) is 0 Å². The van der Waals surface area contributed by atoms with Gasteiger partial charge in [0.2, 0.25) is 0 Å². The number of carbonyl (C=O) groups is 2. The molecule has 0 aromatic carbocycles. The molecule has 4 nitrogen and oxygen atoms in total. The molecule has 0 unspecified atom stereocenters. The summed E-state index contributed by atoms with van der Waals surface area (Å²) in [7, 11) is 0. The van der Waals surface area contributed by atoms with Gasteiger partial charge in [-0.3, -0.25) is 9.59 Å². The molecule has 0 heterocycles. The average Bonchev–Trinajstić information content (AvgIpc) is 2.32. The Labute approximate surface area is 108 Å². The van der Waals surface area contributed by atoms with E-state index in [1.54, 1.807) is 26.0 Å². The van der Waals surface area contributed by atoms with E-state index in [1.807, 2.05) is 13.8 Å². The molecular weight excluding hydrogens is 232 g/mol. The Hall–Kier alpha value is -1.58. The van der Waals surface area contributed by atoms with Crippen LogP contribution in [-0.2, 0) is 19.1 Å². The monoisotopic (exact) mass is 252 g/mol. The number of carbonyl (C=O) groups excluding carboxylic acids is 2. The standard InChI is InChI=1S/C14H20O4/c1-5-17-13(15)11-7-9(3)10(4)8-12(11)14(16)18-6-2/h7-8,11-12H,5-6H2,1-4H3/t11-,12+. The fourth-order valence-electron chi connectivity index (χ4n) is 1.92. The Kier molecular flexibility index (Phi) is 5.13. The van der Waals surface area contributed by atoms with Gasteiger partial charge in [-0.15, -0.1) is 0 Å². The minimum absolute atomic E-state index is 0.306. The number of ether oxygens (including phenoxy) is 2. The Morgan fingerprint density at radius 2 is 1.28 bits per heavy atom. The van der Waals surface area contributed by atoms with Crippen LogP contribution in [0.15, 0.2) is 23.3 Å². The summed E-state index contributed by atoms with van der Waals surface area (Å²) in [5.41, 5.74) is 1.99. The van der Waals surface area contributed by atoms with Crippen molar-refractivity contribution >= 4 is 11.9 Å². The molecule has 100 valence electrons. The zero-order chi connectivity index (χ0) is 13.7. The van der Waals surface area contributed by atoms with E-state index in [9.17, 15) is 9.59 Å². The molecule has 0 saturated carbocycles. The SMILES string of the molecule is CCOC(=O)[C@H]1C=C(C)C(C)=C[C@H]1C(=O)OCC. The lowest BCUT2D eigenvalue weighted by Crippen LogP contribution is -2.32. The van der Waals surface area contributed by atoms with Gasteiger partial charge in [0.25, 0.3) is 0 Å². The topological polar surface area (TPSA) is 52.6 Å². The third kappa shape index (κ3) is 3.22. The minimum atomic E-state index is -0.576. The van der Waals surface area contributed by atoms with E-state index in [0.29, 0.717) is 13.2 Å². The lowest BCUT2D eigenvalue weighted by Gasteiger charge is -2.24. The molecule has 1 rings (SSSR count). The molecule has 0 amide bonds. The molecular formula is C14H20O4. The van der Waals surface area contributed by atoms with Crippen molar-refractivity contribution in [3.8, 4) is 0 Å². The van der Waals surface area contributed by atoms with E-state index in [0.717, 1.165) is 11.1 Å². The first-order valence-corrected chi connectivity index (χ1v) is 6.21. The van der Waals surface area contributed by atoms with Gasteiger partial charge >= 0.3 is 11.9 Å². The van der Waals surface area contributed by atoms with Crippen LogP contribution in [-0.4, -0.2) is 25.2 Å². The molecule has 2 atom stereocenters. The zero-order valence-corrected chi connectivity index (χ0v) is 11.4. The minimum Gasteiger partial charge on any atom is -0.466 e. The highest BCUT2D eigenvalue weighted by atomic mass is 16.5. The Morgan fingerprint density at radius 3 is 1.56 bits per heavy atom. The summed E-state index contributed by atoms with van der Waals surface area (Å²) in [6.45, 7) is 7.94. The third-order valence-electron chi connectivity index (χ3n) is 2.99. The molecule has 0 saturated heterocycles. The van der Waals surface area contributed by atoms with E-state index < -0.39 is 11.8 Å². The van der Waals surface area contributed by atoms with Gasteiger partial charge in [0.05, 0.1) is 25.0 Å². The summed E-state index contributed by atoms with van der Waals surface area (Å²) in [6.07, 6.45) is 3.57. The van der Waals surface area contributed by atoms with Gasteiger partial charge in [-0.05, 0) is 27.7 Å². The van der Waals surface area contributed by atoms with Crippen LogP contribution in [0.25, 0.3) is 0 Å². The van der Waals surface area contributed by atoms with Crippen LogP contribution in [0.4, 0.5) is 0 Å². The molecule has 0 aromatic rings. The molecule has 1 aliphatic rings. The number of hydrogen-bond donors (Lipinski definition) is 0. The van der Waals surface area contributed by atoms with Crippen LogP contribution in [0, 0.1) is 11.8 Å². The van der Waals surface area contributed by atoms with Gasteiger partial charge in [-0.2, -0.15) is 0 Å². The van der Waals surface area contributed by atoms with Crippen LogP contribution >= 0.6 is 0 Å². The molecule has 0 aliphatic heterocycles. The van der Waals surface area contributed by atoms with Crippen molar-refractivity contribution in [2.75, 3.05) is 13.2 Å². The maximum atomic E-state index is 11.9. The lowest BCUT2D eigenvalue weighted by molar-refractivity contribution is -0.156. The lowest BCUT2D eigenvalue weighted by atomic mass is 9.83. The summed E-state index contributed by atoms with van der Waals surface area (Å²) in [5, 5.41) is 0. The summed E-state index contributed by atoms with van der Waals surface area (Å²) in [5.74, 6) is -1.90. The van der Waals surface area contributed by atoms with Crippen LogP contribution in [0.3, 0.4) is 0 Å². The van der Waals surface area contributed by atoms with Gasteiger partial charge in [-0.1, -0.05) is 23.3 Å². The van der Waals surface area contributed by atoms with E-state index in [1.165, 1.54) is 0 Å². The number of hydrogen-bond acceptors (Lipinski definition) is 4. The second-order valence-electron chi connectivity index (χ2n) is 4.26. The molecule has 0 fully saturated rings. The molecule has 18 heavy (non-hydrogen) atoms. The average molecular weight is 252 g/mol. The van der Waals surface area contributed by atoms with E-state index in [2.05, 4.69) is 0 Å². The normalized spacial score (nSPS) is 22.9. The summed E-state index contributed by atoms with van der Waals surface area (Å²) < 4.78 is 10.0. The summed E-state index contributed by atoms with van der Waals surface area (Å²) in [6, 6.07) is 0. The third-order valence-corrected chi connectivity index (χ3v) is 2.99. The van der Waals surface area contributed by atoms with E-state index >= 15 is 0 Å².